The van der Waals surface area contributed by atoms with Gasteiger partial charge in [0.25, 0.3) is 6.02 Å². The highest BCUT2D eigenvalue weighted by molar-refractivity contribution is 5.76. The minimum Gasteiger partial charge on any atom is -0.426 e. The molecule has 120 valence electrons. The Labute approximate surface area is 134 Å². The van der Waals surface area contributed by atoms with Gasteiger partial charge in [-0.25, -0.2) is 4.99 Å². The summed E-state index contributed by atoms with van der Waals surface area (Å²) in [6.45, 7) is 0. The highest BCUT2D eigenvalue weighted by atomic mass is 16.5. The number of benzene rings is 1. The van der Waals surface area contributed by atoms with E-state index in [1.165, 1.54) is 64.2 Å². The van der Waals surface area contributed by atoms with Crippen molar-refractivity contribution >= 4 is 6.02 Å². The van der Waals surface area contributed by atoms with Crippen LogP contribution in [0.4, 0.5) is 0 Å². The molecule has 1 N–H and O–H groups in total. The molecular weight excluding hydrogens is 272 g/mol. The van der Waals surface area contributed by atoms with Crippen molar-refractivity contribution in [1.82, 2.24) is 5.32 Å². The van der Waals surface area contributed by atoms with E-state index in [1.54, 1.807) is 0 Å². The van der Waals surface area contributed by atoms with E-state index in [0.29, 0.717) is 12.1 Å². The third kappa shape index (κ3) is 4.75. The monoisotopic (exact) mass is 300 g/mol. The van der Waals surface area contributed by atoms with Crippen molar-refractivity contribution < 1.29 is 4.74 Å². The first kappa shape index (κ1) is 15.4. The highest BCUT2D eigenvalue weighted by Gasteiger charge is 2.18. The molecule has 0 amide bonds. The van der Waals surface area contributed by atoms with Gasteiger partial charge in [-0.3, -0.25) is 0 Å². The summed E-state index contributed by atoms with van der Waals surface area (Å²) in [5.74, 6) is 0.875. The fourth-order valence-electron chi connectivity index (χ4n) is 3.49. The number of ether oxygens (including phenoxy) is 1. The van der Waals surface area contributed by atoms with Crippen LogP contribution in [-0.4, -0.2) is 18.1 Å². The van der Waals surface area contributed by atoms with Crippen molar-refractivity contribution in [2.75, 3.05) is 0 Å². The summed E-state index contributed by atoms with van der Waals surface area (Å²) < 4.78 is 6.06. The summed E-state index contributed by atoms with van der Waals surface area (Å²) >= 11 is 0. The smallest absolute Gasteiger partial charge is 0.290 e. The van der Waals surface area contributed by atoms with Gasteiger partial charge in [-0.1, -0.05) is 56.7 Å². The lowest BCUT2D eigenvalue weighted by Gasteiger charge is -2.26. The summed E-state index contributed by atoms with van der Waals surface area (Å²) in [5, 5.41) is 3.58. The van der Waals surface area contributed by atoms with Crippen LogP contribution in [-0.2, 0) is 0 Å². The Morgan fingerprint density at radius 3 is 2.18 bits per heavy atom. The second-order valence-electron chi connectivity index (χ2n) is 6.62. The van der Waals surface area contributed by atoms with E-state index in [2.05, 4.69) is 5.32 Å². The molecule has 0 atom stereocenters. The van der Waals surface area contributed by atoms with Gasteiger partial charge in [-0.2, -0.15) is 0 Å². The number of rotatable bonds is 3. The number of para-hydroxylation sites is 1. The Hall–Kier alpha value is -1.51. The second-order valence-corrected chi connectivity index (χ2v) is 6.62. The van der Waals surface area contributed by atoms with E-state index in [1.807, 2.05) is 30.3 Å². The van der Waals surface area contributed by atoms with Gasteiger partial charge in [0.1, 0.15) is 5.75 Å². The topological polar surface area (TPSA) is 33.6 Å². The molecule has 1 aromatic rings. The molecule has 0 heterocycles. The fourth-order valence-corrected chi connectivity index (χ4v) is 3.49. The molecule has 2 saturated carbocycles. The zero-order valence-electron chi connectivity index (χ0n) is 13.5. The predicted octanol–water partition coefficient (Wildman–Crippen LogP) is 4.68. The minimum atomic E-state index is 0.434. The van der Waals surface area contributed by atoms with E-state index in [-0.39, 0.29) is 0 Å². The second kappa shape index (κ2) is 8.21. The number of hydrogen-bond acceptors (Lipinski definition) is 2. The van der Waals surface area contributed by atoms with Crippen molar-refractivity contribution in [3.8, 4) is 5.75 Å². The fraction of sp³-hybridized carbons (Fsp3) is 0.632. The Bertz CT molecular complexity index is 460. The number of nitrogens with zero attached hydrogens (tertiary/aromatic N) is 1. The van der Waals surface area contributed by atoms with Gasteiger partial charge >= 0.3 is 0 Å². The molecule has 0 radical (unpaired) electrons. The molecule has 3 rings (SSSR count). The van der Waals surface area contributed by atoms with Crippen LogP contribution in [0.3, 0.4) is 0 Å². The van der Waals surface area contributed by atoms with E-state index in [4.69, 9.17) is 9.73 Å². The summed E-state index contributed by atoms with van der Waals surface area (Å²) in [5.41, 5.74) is 0. The van der Waals surface area contributed by atoms with Gasteiger partial charge in [0.2, 0.25) is 0 Å². The van der Waals surface area contributed by atoms with Gasteiger partial charge in [0.15, 0.2) is 0 Å². The molecule has 0 saturated heterocycles. The maximum absolute atomic E-state index is 6.06. The summed E-state index contributed by atoms with van der Waals surface area (Å²) in [7, 11) is 0. The molecule has 3 heteroatoms. The van der Waals surface area contributed by atoms with Gasteiger partial charge < -0.3 is 10.1 Å². The number of amidine groups is 1. The Morgan fingerprint density at radius 1 is 0.864 bits per heavy atom. The number of aliphatic imine (C=N–C) groups is 1. The normalized spacial score (nSPS) is 21.5. The van der Waals surface area contributed by atoms with Gasteiger partial charge in [0.05, 0.1) is 6.04 Å². The summed E-state index contributed by atoms with van der Waals surface area (Å²) in [6, 6.07) is 11.7. The molecule has 2 fully saturated rings. The van der Waals surface area contributed by atoms with Crippen molar-refractivity contribution in [3.05, 3.63) is 30.3 Å². The third-order valence-corrected chi connectivity index (χ3v) is 4.77. The van der Waals surface area contributed by atoms with Crippen LogP contribution in [0.2, 0.25) is 0 Å². The molecule has 22 heavy (non-hydrogen) atoms. The van der Waals surface area contributed by atoms with Crippen LogP contribution in [0.5, 0.6) is 5.75 Å². The predicted molar refractivity (Wildman–Crippen MR) is 91.4 cm³/mol. The standard InChI is InChI=1S/C19H28N2O/c1-4-10-16(11-5-1)20-19(21-17-12-6-2-7-13-17)22-18-14-8-3-9-15-18/h3,8-9,14-17H,1-2,4-7,10-13H2,(H,20,21). The molecule has 0 aromatic heterocycles. The number of hydrogen-bond donors (Lipinski definition) is 1. The molecule has 0 unspecified atom stereocenters. The van der Waals surface area contributed by atoms with Crippen molar-refractivity contribution in [3.63, 3.8) is 0 Å². The highest BCUT2D eigenvalue weighted by Crippen LogP contribution is 2.22. The largest absolute Gasteiger partial charge is 0.426 e. The molecule has 1 aromatic carbocycles. The Kier molecular flexibility index (Phi) is 5.74. The van der Waals surface area contributed by atoms with E-state index in [0.717, 1.165) is 11.8 Å². The first-order chi connectivity index (χ1) is 10.9. The molecule has 2 aliphatic carbocycles. The van der Waals surface area contributed by atoms with E-state index in [9.17, 15) is 0 Å². The lowest BCUT2D eigenvalue weighted by Crippen LogP contribution is -2.40. The maximum atomic E-state index is 6.06. The van der Waals surface area contributed by atoms with Crippen LogP contribution in [0.15, 0.2) is 35.3 Å². The van der Waals surface area contributed by atoms with Crippen molar-refractivity contribution in [1.29, 1.82) is 0 Å². The SMILES string of the molecule is c1ccc(OC(=NC2CCCCC2)NC2CCCCC2)cc1. The molecule has 3 nitrogen and oxygen atoms in total. The van der Waals surface area contributed by atoms with Crippen LogP contribution in [0.1, 0.15) is 64.2 Å². The third-order valence-electron chi connectivity index (χ3n) is 4.77. The summed E-state index contributed by atoms with van der Waals surface area (Å²) in [4.78, 5) is 4.91. The molecular formula is C19H28N2O. The quantitative estimate of drug-likeness (QED) is 0.649. The average molecular weight is 300 g/mol. The zero-order valence-corrected chi connectivity index (χ0v) is 13.5. The lowest BCUT2D eigenvalue weighted by molar-refractivity contribution is 0.379. The molecule has 0 bridgehead atoms. The Balaban J connectivity index is 1.67. The first-order valence-corrected chi connectivity index (χ1v) is 8.97. The van der Waals surface area contributed by atoms with Crippen LogP contribution >= 0.6 is 0 Å². The Morgan fingerprint density at radius 2 is 1.50 bits per heavy atom. The van der Waals surface area contributed by atoms with E-state index < -0.39 is 0 Å². The average Bonchev–Trinajstić information content (AvgIpc) is 2.57. The maximum Gasteiger partial charge on any atom is 0.290 e. The lowest BCUT2D eigenvalue weighted by atomic mass is 9.95. The van der Waals surface area contributed by atoms with Crippen molar-refractivity contribution in [2.24, 2.45) is 4.99 Å². The van der Waals surface area contributed by atoms with Crippen LogP contribution < -0.4 is 10.1 Å². The first-order valence-electron chi connectivity index (χ1n) is 8.97. The van der Waals surface area contributed by atoms with Gasteiger partial charge in [-0.15, -0.1) is 0 Å². The molecule has 0 spiro atoms. The zero-order chi connectivity index (χ0) is 15.0. The molecule has 2 aliphatic rings. The molecule has 0 aliphatic heterocycles. The summed E-state index contributed by atoms with van der Waals surface area (Å²) in [6.07, 6.45) is 12.8. The number of nitrogens with one attached hydrogen (secondary N) is 1. The van der Waals surface area contributed by atoms with Gasteiger partial charge in [-0.05, 0) is 37.8 Å². The minimum absolute atomic E-state index is 0.434. The van der Waals surface area contributed by atoms with Crippen molar-refractivity contribution in [2.45, 2.75) is 76.3 Å². The van der Waals surface area contributed by atoms with Crippen LogP contribution in [0, 0.1) is 0 Å². The van der Waals surface area contributed by atoms with Gasteiger partial charge in [0, 0.05) is 6.04 Å². The van der Waals surface area contributed by atoms with Crippen LogP contribution in [0.25, 0.3) is 0 Å². The van der Waals surface area contributed by atoms with E-state index >= 15 is 0 Å².